The van der Waals surface area contributed by atoms with Gasteiger partial charge >= 0.3 is 6.18 Å². The van der Waals surface area contributed by atoms with Crippen LogP contribution < -0.4 is 5.32 Å². The maximum atomic E-state index is 12.7. The molecule has 41 heavy (non-hydrogen) atoms. The Bertz CT molecular complexity index is 1100. The number of nitrogens with one attached hydrogen (secondary N) is 1. The van der Waals surface area contributed by atoms with E-state index in [9.17, 15) is 18.0 Å². The highest BCUT2D eigenvalue weighted by atomic mass is 19.4. The molecule has 0 aliphatic rings. The number of rotatable bonds is 13. The number of amides is 1. The number of unbranched alkanes of at least 4 members (excludes halogenated alkanes) is 2. The van der Waals surface area contributed by atoms with Crippen LogP contribution in [0, 0.1) is 5.92 Å². The molecule has 0 bridgehead atoms. The lowest BCUT2D eigenvalue weighted by atomic mass is 10.0. The number of carbonyl (C=O) groups is 1. The smallest absolute Gasteiger partial charge is 0.342 e. The number of alkyl halides is 3. The molecule has 1 atom stereocenters. The first-order valence-corrected chi connectivity index (χ1v) is 14.8. The van der Waals surface area contributed by atoms with E-state index in [1.165, 1.54) is 39.2 Å². The fraction of sp³-hybridized carbons (Fsp3) is 0.613. The number of hydrogen-bond acceptors (Lipinski definition) is 5. The van der Waals surface area contributed by atoms with Gasteiger partial charge in [0.05, 0.1) is 6.54 Å². The summed E-state index contributed by atoms with van der Waals surface area (Å²) in [5, 5.41) is 9.72. The summed E-state index contributed by atoms with van der Waals surface area (Å²) in [6.45, 7) is 16.7. The molecule has 2 heterocycles. The van der Waals surface area contributed by atoms with E-state index in [-0.39, 0.29) is 18.1 Å². The van der Waals surface area contributed by atoms with Crippen molar-refractivity contribution in [1.29, 1.82) is 0 Å². The van der Waals surface area contributed by atoms with Crippen LogP contribution in [0.1, 0.15) is 128 Å². The average Bonchev–Trinajstić information content (AvgIpc) is 3.59. The van der Waals surface area contributed by atoms with Gasteiger partial charge in [-0.1, -0.05) is 110 Å². The molecule has 2 rings (SSSR count). The van der Waals surface area contributed by atoms with Gasteiger partial charge in [-0.25, -0.2) is 0 Å². The van der Waals surface area contributed by atoms with Crippen LogP contribution in [-0.4, -0.2) is 25.8 Å². The lowest BCUT2D eigenvalue weighted by molar-refractivity contribution is -0.141. The highest BCUT2D eigenvalue weighted by molar-refractivity contribution is 5.92. The van der Waals surface area contributed by atoms with E-state index in [0.717, 1.165) is 34.6 Å². The average molecular weight is 582 g/mol. The van der Waals surface area contributed by atoms with Crippen molar-refractivity contribution >= 4 is 11.5 Å². The molecule has 0 aliphatic carbocycles. The molecular formula is C31H50F3N5O2. The van der Waals surface area contributed by atoms with Crippen LogP contribution in [0.25, 0.3) is 5.57 Å². The molecule has 0 aliphatic heterocycles. The Morgan fingerprint density at radius 1 is 1.17 bits per heavy atom. The van der Waals surface area contributed by atoms with Crippen LogP contribution in [0.2, 0.25) is 0 Å². The molecule has 2 aromatic heterocycles. The van der Waals surface area contributed by atoms with E-state index < -0.39 is 17.8 Å². The van der Waals surface area contributed by atoms with E-state index in [2.05, 4.69) is 47.4 Å². The highest BCUT2D eigenvalue weighted by Crippen LogP contribution is 2.28. The quantitative estimate of drug-likeness (QED) is 0.188. The van der Waals surface area contributed by atoms with Crippen LogP contribution in [0.3, 0.4) is 0 Å². The number of hydrogen-bond donors (Lipinski definition) is 1. The second-order valence-electron chi connectivity index (χ2n) is 9.38. The first-order chi connectivity index (χ1) is 19.5. The fourth-order valence-electron chi connectivity index (χ4n) is 3.59. The molecule has 1 amide bonds. The van der Waals surface area contributed by atoms with E-state index in [1.807, 2.05) is 52.8 Å². The van der Waals surface area contributed by atoms with E-state index in [1.54, 1.807) is 0 Å². The number of allylic oxidation sites excluding steroid dienone is 6. The molecular weight excluding hydrogens is 531 g/mol. The summed E-state index contributed by atoms with van der Waals surface area (Å²) in [6.07, 6.45) is 11.9. The zero-order valence-corrected chi connectivity index (χ0v) is 26.4. The third kappa shape index (κ3) is 14.3. The standard InChI is InChI=1S/C20H24F3N5O2.C9H20.C2H6/c1-5-8-13(7-3)10-14(9-6-2)18-25-17(30-27-18)12-24-19(29)15-11-16(20(21,22)23)26-28(15)4;1-4-6-7-8-9(3)5-2;1-2/h6,8-11H,5,7,12H2,1-4H3,(H,24,29);9H,4-8H2,1-3H3;1-2H3/b9-6-,13-8+,14-10+;;. The summed E-state index contributed by atoms with van der Waals surface area (Å²) in [5.41, 5.74) is 0.515. The molecule has 0 fully saturated rings. The normalized spacial score (nSPS) is 12.9. The largest absolute Gasteiger partial charge is 0.435 e. The Kier molecular flexibility index (Phi) is 19.1. The fourth-order valence-corrected chi connectivity index (χ4v) is 3.59. The topological polar surface area (TPSA) is 85.8 Å². The van der Waals surface area contributed by atoms with Gasteiger partial charge in [-0.15, -0.1) is 0 Å². The molecule has 1 unspecified atom stereocenters. The molecule has 0 radical (unpaired) electrons. The SMILES string of the molecule is CC.CCCCCC(C)CC.C\C=C/C(=C\C(=C\CC)CC)c1noc(CNC(=O)c2cc(C(F)(F)F)nn2C)n1. The minimum atomic E-state index is -4.63. The third-order valence-corrected chi connectivity index (χ3v) is 6.09. The van der Waals surface area contributed by atoms with Crippen molar-refractivity contribution in [3.63, 3.8) is 0 Å². The van der Waals surface area contributed by atoms with Crippen LogP contribution in [0.15, 0.2) is 40.5 Å². The Hall–Kier alpha value is -3.17. The molecule has 232 valence electrons. The third-order valence-electron chi connectivity index (χ3n) is 6.09. The van der Waals surface area contributed by atoms with Crippen molar-refractivity contribution < 1.29 is 22.5 Å². The summed E-state index contributed by atoms with van der Waals surface area (Å²) in [7, 11) is 1.26. The van der Waals surface area contributed by atoms with Crippen molar-refractivity contribution in [3.8, 4) is 0 Å². The van der Waals surface area contributed by atoms with Gasteiger partial charge in [0.2, 0.25) is 11.7 Å². The number of carbonyl (C=O) groups excluding carboxylic acids is 1. The van der Waals surface area contributed by atoms with Gasteiger partial charge in [-0.3, -0.25) is 9.48 Å². The van der Waals surface area contributed by atoms with Crippen LogP contribution >= 0.6 is 0 Å². The monoisotopic (exact) mass is 581 g/mol. The maximum Gasteiger partial charge on any atom is 0.435 e. The van der Waals surface area contributed by atoms with Crippen molar-refractivity contribution in [2.75, 3.05) is 0 Å². The number of aryl methyl sites for hydroxylation is 1. The predicted molar refractivity (Wildman–Crippen MR) is 160 cm³/mol. The van der Waals surface area contributed by atoms with E-state index in [4.69, 9.17) is 4.52 Å². The van der Waals surface area contributed by atoms with Crippen LogP contribution in [0.4, 0.5) is 13.2 Å². The Balaban J connectivity index is 0.00000124. The molecule has 0 saturated carbocycles. The first-order valence-electron chi connectivity index (χ1n) is 14.8. The molecule has 7 nitrogen and oxygen atoms in total. The van der Waals surface area contributed by atoms with Crippen LogP contribution in [-0.2, 0) is 19.8 Å². The number of halogens is 3. The van der Waals surface area contributed by atoms with Crippen molar-refractivity contribution in [2.24, 2.45) is 13.0 Å². The zero-order valence-electron chi connectivity index (χ0n) is 26.4. The van der Waals surface area contributed by atoms with Gasteiger partial charge < -0.3 is 9.84 Å². The summed E-state index contributed by atoms with van der Waals surface area (Å²) in [5.74, 6) is 0.706. The Morgan fingerprint density at radius 2 is 1.85 bits per heavy atom. The summed E-state index contributed by atoms with van der Waals surface area (Å²) in [6, 6.07) is 0.688. The second kappa shape index (κ2) is 20.7. The van der Waals surface area contributed by atoms with Gasteiger partial charge in [-0.05, 0) is 31.8 Å². The van der Waals surface area contributed by atoms with Crippen molar-refractivity contribution in [2.45, 2.75) is 113 Å². The highest BCUT2D eigenvalue weighted by Gasteiger charge is 2.35. The second-order valence-corrected chi connectivity index (χ2v) is 9.38. The molecule has 0 saturated heterocycles. The number of aromatic nitrogens is 4. The zero-order chi connectivity index (χ0) is 31.4. The molecule has 0 spiro atoms. The summed E-state index contributed by atoms with van der Waals surface area (Å²) >= 11 is 0. The van der Waals surface area contributed by atoms with Crippen molar-refractivity contribution in [3.05, 3.63) is 59.0 Å². The minimum Gasteiger partial charge on any atom is -0.342 e. The first kappa shape index (κ1) is 37.8. The Labute approximate surface area is 244 Å². The van der Waals surface area contributed by atoms with Crippen LogP contribution in [0.5, 0.6) is 0 Å². The predicted octanol–water partition coefficient (Wildman–Crippen LogP) is 9.10. The maximum absolute atomic E-state index is 12.7. The summed E-state index contributed by atoms with van der Waals surface area (Å²) < 4.78 is 44.3. The molecule has 10 heteroatoms. The molecule has 1 N–H and O–H groups in total. The molecule has 0 aromatic carbocycles. The van der Waals surface area contributed by atoms with Crippen molar-refractivity contribution in [1.82, 2.24) is 25.2 Å². The van der Waals surface area contributed by atoms with E-state index in [0.29, 0.717) is 11.9 Å². The summed E-state index contributed by atoms with van der Waals surface area (Å²) in [4.78, 5) is 16.5. The van der Waals surface area contributed by atoms with Gasteiger partial charge in [0, 0.05) is 18.7 Å². The molecule has 2 aromatic rings. The van der Waals surface area contributed by atoms with Gasteiger partial charge in [0.25, 0.3) is 5.91 Å². The lowest BCUT2D eigenvalue weighted by Gasteiger charge is -2.05. The van der Waals surface area contributed by atoms with Gasteiger partial charge in [0.15, 0.2) is 5.69 Å². The minimum absolute atomic E-state index is 0.129. The Morgan fingerprint density at radius 3 is 2.37 bits per heavy atom. The number of nitrogens with zero attached hydrogens (tertiary/aromatic N) is 4. The van der Waals surface area contributed by atoms with Gasteiger partial charge in [0.1, 0.15) is 5.69 Å². The van der Waals surface area contributed by atoms with E-state index >= 15 is 0 Å². The van der Waals surface area contributed by atoms with Gasteiger partial charge in [-0.2, -0.15) is 23.3 Å². The lowest BCUT2D eigenvalue weighted by Crippen LogP contribution is -2.25.